The number of hydrogen-bond donors (Lipinski definition) is 2. The third-order valence-corrected chi connectivity index (χ3v) is 7.45. The molecule has 208 valence electrons. The Hall–Kier alpha value is -3.63. The minimum Gasteiger partial charge on any atom is -0.392 e. The Morgan fingerprint density at radius 3 is 2.62 bits per heavy atom. The van der Waals surface area contributed by atoms with E-state index in [9.17, 15) is 23.5 Å². The Labute approximate surface area is 226 Å². The summed E-state index contributed by atoms with van der Waals surface area (Å²) >= 11 is 0. The minimum absolute atomic E-state index is 0.00787. The number of nitrogens with zero attached hydrogens (tertiary/aromatic N) is 3. The number of aliphatic hydroxyl groups excluding tert-OH is 1. The molecule has 0 unspecified atom stereocenters. The van der Waals surface area contributed by atoms with Gasteiger partial charge in [0.2, 0.25) is 5.91 Å². The molecule has 4 rings (SSSR count). The number of nitrogens with one attached hydrogen (secondary N) is 1. The highest BCUT2D eigenvalue weighted by Gasteiger charge is 2.39. The number of amides is 2. The van der Waals surface area contributed by atoms with E-state index >= 15 is 0 Å². The number of carbonyl (C=O) groups excluding carboxylic acids is 2. The number of piperidine rings is 1. The summed E-state index contributed by atoms with van der Waals surface area (Å²) in [7, 11) is 1.75. The van der Waals surface area contributed by atoms with Crippen molar-refractivity contribution in [1.29, 1.82) is 0 Å². The van der Waals surface area contributed by atoms with Gasteiger partial charge in [-0.3, -0.25) is 14.5 Å². The number of rotatable bonds is 9. The molecule has 3 aromatic rings. The molecule has 1 aromatic heterocycles. The van der Waals surface area contributed by atoms with E-state index in [0.29, 0.717) is 32.5 Å². The van der Waals surface area contributed by atoms with Crippen molar-refractivity contribution in [2.24, 2.45) is 5.92 Å². The predicted molar refractivity (Wildman–Crippen MR) is 142 cm³/mol. The maximum absolute atomic E-state index is 14.2. The van der Waals surface area contributed by atoms with E-state index in [-0.39, 0.29) is 29.0 Å². The number of aromatic nitrogens is 1. The molecule has 0 saturated carbocycles. The maximum atomic E-state index is 14.2. The van der Waals surface area contributed by atoms with Gasteiger partial charge in [0, 0.05) is 50.9 Å². The average Bonchev–Trinajstić information content (AvgIpc) is 3.42. The highest BCUT2D eigenvalue weighted by molar-refractivity contribution is 5.94. The summed E-state index contributed by atoms with van der Waals surface area (Å²) in [5, 5.41) is 16.8. The van der Waals surface area contributed by atoms with E-state index in [2.05, 4.69) is 15.4 Å². The molecule has 0 aliphatic carbocycles. The summed E-state index contributed by atoms with van der Waals surface area (Å²) in [6.45, 7) is 5.10. The summed E-state index contributed by atoms with van der Waals surface area (Å²) in [5.74, 6) is -2.78. The fourth-order valence-electron chi connectivity index (χ4n) is 4.85. The normalized spacial score (nSPS) is 19.3. The maximum Gasteiger partial charge on any atom is 0.273 e. The van der Waals surface area contributed by atoms with Crippen LogP contribution in [-0.4, -0.2) is 76.7 Å². The number of hydrogen-bond acceptors (Lipinski definition) is 6. The molecule has 0 radical (unpaired) electrons. The third-order valence-electron chi connectivity index (χ3n) is 7.45. The number of aliphatic hydroxyl groups is 1. The Kier molecular flexibility index (Phi) is 9.08. The first kappa shape index (κ1) is 28.4. The molecule has 0 bridgehead atoms. The van der Waals surface area contributed by atoms with Crippen LogP contribution in [0.1, 0.15) is 36.3 Å². The van der Waals surface area contributed by atoms with Crippen LogP contribution in [0.25, 0.3) is 11.3 Å². The van der Waals surface area contributed by atoms with Crippen molar-refractivity contribution in [3.05, 3.63) is 77.5 Å². The lowest BCUT2D eigenvalue weighted by Gasteiger charge is -2.42. The molecule has 2 heterocycles. The first-order chi connectivity index (χ1) is 18.6. The monoisotopic (exact) mass is 540 g/mol. The van der Waals surface area contributed by atoms with Gasteiger partial charge in [-0.25, -0.2) is 8.78 Å². The molecule has 1 aliphatic heterocycles. The van der Waals surface area contributed by atoms with Gasteiger partial charge in [-0.1, -0.05) is 35.5 Å². The van der Waals surface area contributed by atoms with Crippen molar-refractivity contribution in [3.8, 4) is 11.3 Å². The van der Waals surface area contributed by atoms with Gasteiger partial charge in [-0.15, -0.1) is 0 Å². The van der Waals surface area contributed by atoms with E-state index < -0.39 is 35.6 Å². The zero-order valence-corrected chi connectivity index (χ0v) is 22.3. The van der Waals surface area contributed by atoms with Gasteiger partial charge in [0.05, 0.1) is 17.6 Å². The molecule has 2 N–H and O–H groups in total. The lowest BCUT2D eigenvalue weighted by Crippen LogP contribution is -2.58. The second kappa shape index (κ2) is 12.5. The van der Waals surface area contributed by atoms with Crippen LogP contribution in [-0.2, 0) is 11.2 Å². The second-order valence-electron chi connectivity index (χ2n) is 10.1. The number of halogens is 2. The summed E-state index contributed by atoms with van der Waals surface area (Å²) in [5.41, 5.74) is 1.03. The van der Waals surface area contributed by atoms with Gasteiger partial charge >= 0.3 is 0 Å². The van der Waals surface area contributed by atoms with E-state index in [1.807, 2.05) is 37.3 Å². The van der Waals surface area contributed by atoms with Crippen LogP contribution < -0.4 is 5.32 Å². The van der Waals surface area contributed by atoms with Crippen LogP contribution in [0, 0.1) is 17.6 Å². The highest BCUT2D eigenvalue weighted by atomic mass is 19.1. The standard InChI is InChI=1S/C29H34F2N4O4/c1-18(19(2)36)35-14-12-25(23(17-35)29(38)34(3)13-11-20-7-5-4-6-8-20)32-28(37)26-16-27(39-33-26)22-10-9-21(30)15-24(22)31/h4-10,15-16,18-19,23,25,36H,11-14,17H2,1-3H3,(H,32,37)/t18-,19-,23+,25+/m0/s1. The first-order valence-corrected chi connectivity index (χ1v) is 13.1. The summed E-state index contributed by atoms with van der Waals surface area (Å²) < 4.78 is 32.6. The molecule has 4 atom stereocenters. The van der Waals surface area contributed by atoms with Gasteiger partial charge in [0.15, 0.2) is 11.5 Å². The Morgan fingerprint density at radius 2 is 1.92 bits per heavy atom. The fraction of sp³-hybridized carbons (Fsp3) is 0.414. The zero-order valence-electron chi connectivity index (χ0n) is 22.3. The quantitative estimate of drug-likeness (QED) is 0.431. The second-order valence-corrected chi connectivity index (χ2v) is 10.1. The van der Waals surface area contributed by atoms with Gasteiger partial charge in [0.25, 0.3) is 5.91 Å². The number of likely N-dealkylation sites (N-methyl/N-ethyl adjacent to an activating group) is 1. The summed E-state index contributed by atoms with van der Waals surface area (Å²) in [4.78, 5) is 30.5. The molecule has 10 heteroatoms. The Balaban J connectivity index is 1.48. The average molecular weight is 541 g/mol. The minimum atomic E-state index is -0.832. The van der Waals surface area contributed by atoms with Crippen LogP contribution in [0.15, 0.2) is 59.1 Å². The molecule has 8 nitrogen and oxygen atoms in total. The summed E-state index contributed by atoms with van der Waals surface area (Å²) in [6, 6.07) is 13.6. The van der Waals surface area contributed by atoms with Gasteiger partial charge in [-0.2, -0.15) is 0 Å². The van der Waals surface area contributed by atoms with E-state index in [1.165, 1.54) is 12.1 Å². The van der Waals surface area contributed by atoms with Crippen molar-refractivity contribution in [1.82, 2.24) is 20.3 Å². The van der Waals surface area contributed by atoms with Crippen molar-refractivity contribution >= 4 is 11.8 Å². The van der Waals surface area contributed by atoms with Crippen molar-refractivity contribution in [2.45, 2.75) is 44.9 Å². The van der Waals surface area contributed by atoms with Gasteiger partial charge in [0.1, 0.15) is 11.6 Å². The topological polar surface area (TPSA) is 98.9 Å². The SMILES string of the molecule is C[C@H](O)[C@H](C)N1CC[C@@H](NC(=O)c2cc(-c3ccc(F)cc3F)on2)[C@H](C(=O)N(C)CCc2ccccc2)C1. The van der Waals surface area contributed by atoms with Crippen molar-refractivity contribution in [2.75, 3.05) is 26.7 Å². The fourth-order valence-corrected chi connectivity index (χ4v) is 4.85. The largest absolute Gasteiger partial charge is 0.392 e. The summed E-state index contributed by atoms with van der Waals surface area (Å²) in [6.07, 6.45) is 0.605. The molecule has 1 saturated heterocycles. The van der Waals surface area contributed by atoms with E-state index in [4.69, 9.17) is 4.52 Å². The zero-order chi connectivity index (χ0) is 28.1. The molecular formula is C29H34F2N4O4. The lowest BCUT2D eigenvalue weighted by molar-refractivity contribution is -0.137. The van der Waals surface area contributed by atoms with Crippen LogP contribution in [0.4, 0.5) is 8.78 Å². The molecule has 2 amide bonds. The van der Waals surface area contributed by atoms with Gasteiger partial charge < -0.3 is 19.8 Å². The molecule has 1 aliphatic rings. The Bertz CT molecular complexity index is 1280. The molecule has 0 spiro atoms. The highest BCUT2D eigenvalue weighted by Crippen LogP contribution is 2.26. The third kappa shape index (κ3) is 6.88. The van der Waals surface area contributed by atoms with E-state index in [1.54, 1.807) is 18.9 Å². The Morgan fingerprint density at radius 1 is 1.18 bits per heavy atom. The van der Waals surface area contributed by atoms with Crippen molar-refractivity contribution in [3.63, 3.8) is 0 Å². The van der Waals surface area contributed by atoms with E-state index in [0.717, 1.165) is 17.7 Å². The number of likely N-dealkylation sites (tertiary alicyclic amines) is 1. The molecule has 39 heavy (non-hydrogen) atoms. The predicted octanol–water partition coefficient (Wildman–Crippen LogP) is 3.51. The van der Waals surface area contributed by atoms with Gasteiger partial charge in [-0.05, 0) is 44.4 Å². The van der Waals surface area contributed by atoms with Crippen LogP contribution >= 0.6 is 0 Å². The number of benzene rings is 2. The molecular weight excluding hydrogens is 506 g/mol. The van der Waals surface area contributed by atoms with Crippen LogP contribution in [0.2, 0.25) is 0 Å². The molecule has 2 aromatic carbocycles. The molecule has 1 fully saturated rings. The van der Waals surface area contributed by atoms with Crippen LogP contribution in [0.3, 0.4) is 0 Å². The van der Waals surface area contributed by atoms with Crippen LogP contribution in [0.5, 0.6) is 0 Å². The lowest BCUT2D eigenvalue weighted by atomic mass is 9.89. The number of carbonyl (C=O) groups is 2. The smallest absolute Gasteiger partial charge is 0.273 e. The first-order valence-electron chi connectivity index (χ1n) is 13.1. The van der Waals surface area contributed by atoms with Crippen molar-refractivity contribution < 1.29 is 28.0 Å².